The smallest absolute Gasteiger partial charge is 0.269 e. The molecular formula is C18H16N4O2S. The van der Waals surface area contributed by atoms with Gasteiger partial charge in [-0.1, -0.05) is 54.2 Å². The number of aromatic nitrogens is 3. The highest BCUT2D eigenvalue weighted by atomic mass is 32.2. The summed E-state index contributed by atoms with van der Waals surface area (Å²) >= 11 is 1.58. The van der Waals surface area contributed by atoms with Crippen LogP contribution in [0.2, 0.25) is 0 Å². The van der Waals surface area contributed by atoms with Crippen LogP contribution in [0.15, 0.2) is 65.8 Å². The van der Waals surface area contributed by atoms with E-state index >= 15 is 0 Å². The summed E-state index contributed by atoms with van der Waals surface area (Å²) in [7, 11) is 1.89. The quantitative estimate of drug-likeness (QED) is 0.378. The predicted molar refractivity (Wildman–Crippen MR) is 99.3 cm³/mol. The van der Waals surface area contributed by atoms with Gasteiger partial charge in [0.15, 0.2) is 11.0 Å². The van der Waals surface area contributed by atoms with Gasteiger partial charge in [0.2, 0.25) is 0 Å². The molecule has 0 saturated heterocycles. The van der Waals surface area contributed by atoms with Gasteiger partial charge in [-0.05, 0) is 17.7 Å². The topological polar surface area (TPSA) is 73.8 Å². The predicted octanol–water partition coefficient (Wildman–Crippen LogP) is 4.20. The number of nitro groups is 1. The molecule has 0 unspecified atom stereocenters. The van der Waals surface area contributed by atoms with E-state index in [0.717, 1.165) is 22.0 Å². The van der Waals surface area contributed by atoms with Crippen molar-refractivity contribution >= 4 is 23.5 Å². The van der Waals surface area contributed by atoms with Crippen LogP contribution in [0, 0.1) is 10.1 Å². The van der Waals surface area contributed by atoms with E-state index in [9.17, 15) is 10.1 Å². The lowest BCUT2D eigenvalue weighted by atomic mass is 10.2. The molecule has 6 nitrogen and oxygen atoms in total. The summed E-state index contributed by atoms with van der Waals surface area (Å²) in [6, 6.07) is 16.4. The normalized spacial score (nSPS) is 11.1. The van der Waals surface area contributed by atoms with Crippen molar-refractivity contribution in [2.45, 2.75) is 5.16 Å². The van der Waals surface area contributed by atoms with Gasteiger partial charge in [0.05, 0.1) is 4.92 Å². The van der Waals surface area contributed by atoms with E-state index in [2.05, 4.69) is 34.5 Å². The highest BCUT2D eigenvalue weighted by Crippen LogP contribution is 2.24. The molecule has 0 fully saturated rings. The van der Waals surface area contributed by atoms with Gasteiger partial charge in [0.1, 0.15) is 0 Å². The second kappa shape index (κ2) is 7.76. The number of rotatable bonds is 6. The van der Waals surface area contributed by atoms with Crippen molar-refractivity contribution < 1.29 is 4.92 Å². The highest BCUT2D eigenvalue weighted by Gasteiger charge is 2.12. The van der Waals surface area contributed by atoms with Crippen molar-refractivity contribution in [1.29, 1.82) is 0 Å². The van der Waals surface area contributed by atoms with Crippen LogP contribution in [0.5, 0.6) is 0 Å². The summed E-state index contributed by atoms with van der Waals surface area (Å²) in [4.78, 5) is 10.3. The Morgan fingerprint density at radius 1 is 1.12 bits per heavy atom. The number of benzene rings is 2. The van der Waals surface area contributed by atoms with Gasteiger partial charge in [-0.3, -0.25) is 10.1 Å². The molecule has 1 heterocycles. The minimum Gasteiger partial charge on any atom is -0.305 e. The summed E-state index contributed by atoms with van der Waals surface area (Å²) in [6.07, 6.45) is 4.15. The molecule has 0 spiro atoms. The summed E-state index contributed by atoms with van der Waals surface area (Å²) in [5.41, 5.74) is 2.02. The monoisotopic (exact) mass is 352 g/mol. The molecule has 0 aliphatic heterocycles. The highest BCUT2D eigenvalue weighted by molar-refractivity contribution is 7.99. The average molecular weight is 352 g/mol. The van der Waals surface area contributed by atoms with Gasteiger partial charge in [0, 0.05) is 30.5 Å². The van der Waals surface area contributed by atoms with Crippen molar-refractivity contribution in [2.24, 2.45) is 7.05 Å². The average Bonchev–Trinajstić information content (AvgIpc) is 3.00. The first-order valence-corrected chi connectivity index (χ1v) is 8.62. The summed E-state index contributed by atoms with van der Waals surface area (Å²) in [6.45, 7) is 0. The Balaban J connectivity index is 1.66. The number of nitrogens with zero attached hydrogens (tertiary/aromatic N) is 4. The fraction of sp³-hybridized carbons (Fsp3) is 0.111. The van der Waals surface area contributed by atoms with Crippen LogP contribution in [-0.4, -0.2) is 25.4 Å². The first-order chi connectivity index (χ1) is 12.1. The molecule has 0 N–H and O–H groups in total. The van der Waals surface area contributed by atoms with Crippen LogP contribution < -0.4 is 0 Å². The van der Waals surface area contributed by atoms with Crippen molar-refractivity contribution in [3.05, 3.63) is 76.4 Å². The molecule has 0 bridgehead atoms. The van der Waals surface area contributed by atoms with Crippen molar-refractivity contribution in [2.75, 3.05) is 5.75 Å². The van der Waals surface area contributed by atoms with Crippen molar-refractivity contribution in [3.8, 4) is 11.4 Å². The van der Waals surface area contributed by atoms with E-state index in [1.807, 2.05) is 29.8 Å². The summed E-state index contributed by atoms with van der Waals surface area (Å²) in [5.74, 6) is 1.46. The summed E-state index contributed by atoms with van der Waals surface area (Å²) in [5, 5.41) is 19.9. The van der Waals surface area contributed by atoms with Crippen LogP contribution in [0.3, 0.4) is 0 Å². The number of nitro benzene ring substituents is 1. The van der Waals surface area contributed by atoms with Crippen molar-refractivity contribution in [3.63, 3.8) is 0 Å². The maximum Gasteiger partial charge on any atom is 0.269 e. The maximum atomic E-state index is 10.7. The second-order valence-corrected chi connectivity index (χ2v) is 6.28. The molecule has 3 aromatic rings. The molecule has 2 aromatic carbocycles. The Kier molecular flexibility index (Phi) is 5.25. The Hall–Kier alpha value is -2.93. The van der Waals surface area contributed by atoms with E-state index in [4.69, 9.17) is 0 Å². The summed E-state index contributed by atoms with van der Waals surface area (Å²) < 4.78 is 1.89. The van der Waals surface area contributed by atoms with Crippen LogP contribution >= 0.6 is 11.8 Å². The zero-order valence-electron chi connectivity index (χ0n) is 13.6. The Morgan fingerprint density at radius 3 is 2.52 bits per heavy atom. The minimum atomic E-state index is -0.416. The number of thioether (sulfide) groups is 1. The van der Waals surface area contributed by atoms with Crippen LogP contribution in [0.25, 0.3) is 17.5 Å². The third-order valence-corrected chi connectivity index (χ3v) is 4.56. The van der Waals surface area contributed by atoms with Crippen LogP contribution in [0.4, 0.5) is 5.69 Å². The molecule has 0 aliphatic rings. The number of non-ortho nitro benzene ring substituents is 1. The second-order valence-electron chi connectivity index (χ2n) is 5.29. The van der Waals surface area contributed by atoms with E-state index in [-0.39, 0.29) is 5.69 Å². The molecule has 0 aliphatic carbocycles. The van der Waals surface area contributed by atoms with Crippen molar-refractivity contribution in [1.82, 2.24) is 14.8 Å². The lowest BCUT2D eigenvalue weighted by molar-refractivity contribution is -0.384. The lowest BCUT2D eigenvalue weighted by Crippen LogP contribution is -1.95. The van der Waals surface area contributed by atoms with Gasteiger partial charge < -0.3 is 4.57 Å². The molecule has 126 valence electrons. The third kappa shape index (κ3) is 4.13. The molecule has 3 rings (SSSR count). The fourth-order valence-corrected chi connectivity index (χ4v) is 3.02. The molecule has 1 aromatic heterocycles. The van der Waals surface area contributed by atoms with E-state index in [1.165, 1.54) is 12.1 Å². The first kappa shape index (κ1) is 16.9. The first-order valence-electron chi connectivity index (χ1n) is 7.64. The molecule has 7 heteroatoms. The third-order valence-electron chi connectivity index (χ3n) is 3.59. The molecule has 0 amide bonds. The Labute approximate surface area is 149 Å². The van der Waals surface area contributed by atoms with Gasteiger partial charge in [0.25, 0.3) is 5.69 Å². The zero-order valence-corrected chi connectivity index (χ0v) is 14.4. The van der Waals surface area contributed by atoms with Gasteiger partial charge in [-0.25, -0.2) is 0 Å². The molecular weight excluding hydrogens is 336 g/mol. The maximum absolute atomic E-state index is 10.7. The minimum absolute atomic E-state index is 0.0616. The van der Waals surface area contributed by atoms with E-state index in [1.54, 1.807) is 23.9 Å². The Morgan fingerprint density at radius 2 is 1.84 bits per heavy atom. The largest absolute Gasteiger partial charge is 0.305 e. The van der Waals surface area contributed by atoms with Crippen LogP contribution in [0.1, 0.15) is 5.56 Å². The van der Waals surface area contributed by atoms with E-state index < -0.39 is 4.92 Å². The molecule has 0 saturated carbocycles. The molecule has 0 radical (unpaired) electrons. The zero-order chi connectivity index (χ0) is 17.6. The molecule has 0 atom stereocenters. The van der Waals surface area contributed by atoms with Crippen LogP contribution in [-0.2, 0) is 7.05 Å². The molecule has 25 heavy (non-hydrogen) atoms. The van der Waals surface area contributed by atoms with Gasteiger partial charge in [-0.2, -0.15) is 0 Å². The van der Waals surface area contributed by atoms with Gasteiger partial charge >= 0.3 is 0 Å². The number of hydrogen-bond donors (Lipinski definition) is 0. The Bertz CT molecular complexity index is 889. The number of hydrogen-bond acceptors (Lipinski definition) is 5. The standard InChI is InChI=1S/C18H16N4O2S/c1-21-17(15-9-11-16(12-10-15)22(23)24)19-20-18(21)25-13-5-8-14-6-3-2-4-7-14/h2-12H,13H2,1H3. The SMILES string of the molecule is Cn1c(SCC=Cc2ccccc2)nnc1-c1ccc([N+](=O)[O-])cc1. The van der Waals surface area contributed by atoms with E-state index in [0.29, 0.717) is 5.82 Å². The van der Waals surface area contributed by atoms with Gasteiger partial charge in [-0.15, -0.1) is 10.2 Å². The lowest BCUT2D eigenvalue weighted by Gasteiger charge is -2.02. The fourth-order valence-electron chi connectivity index (χ4n) is 2.30.